The van der Waals surface area contributed by atoms with E-state index in [9.17, 15) is 4.79 Å². The van der Waals surface area contributed by atoms with Crippen LogP contribution >= 0.6 is 0 Å². The second-order valence-electron chi connectivity index (χ2n) is 8.91. The fourth-order valence-electron chi connectivity index (χ4n) is 2.70. The van der Waals surface area contributed by atoms with Gasteiger partial charge in [0, 0.05) is 13.3 Å². The van der Waals surface area contributed by atoms with Crippen molar-refractivity contribution in [3.8, 4) is 5.75 Å². The monoisotopic (exact) mass is 414 g/mol. The highest BCUT2D eigenvalue weighted by atomic mass is 28.4. The van der Waals surface area contributed by atoms with E-state index in [0.717, 1.165) is 16.9 Å². The van der Waals surface area contributed by atoms with Crippen LogP contribution in [0.5, 0.6) is 5.75 Å². The molecule has 0 saturated carbocycles. The Morgan fingerprint density at radius 2 is 1.62 bits per heavy atom. The van der Waals surface area contributed by atoms with Gasteiger partial charge in [-0.2, -0.15) is 0 Å². The molecule has 0 N–H and O–H groups in total. The summed E-state index contributed by atoms with van der Waals surface area (Å²) in [6, 6.07) is 18.0. The fraction of sp³-hybridized carbons (Fsp3) is 0.458. The van der Waals surface area contributed by atoms with Crippen LogP contribution in [-0.2, 0) is 27.3 Å². The van der Waals surface area contributed by atoms with E-state index in [1.165, 1.54) is 6.92 Å². The summed E-state index contributed by atoms with van der Waals surface area (Å²) in [7, 11) is -1.97. The molecule has 0 saturated heterocycles. The third kappa shape index (κ3) is 7.33. The predicted octanol–water partition coefficient (Wildman–Crippen LogP) is 5.76. The Kier molecular flexibility index (Phi) is 8.05. The Morgan fingerprint density at radius 1 is 1.00 bits per heavy atom. The van der Waals surface area contributed by atoms with Crippen molar-refractivity contribution in [2.45, 2.75) is 65.0 Å². The van der Waals surface area contributed by atoms with E-state index < -0.39 is 8.32 Å². The average Bonchev–Trinajstić information content (AvgIpc) is 2.62. The summed E-state index contributed by atoms with van der Waals surface area (Å²) in [5.41, 5.74) is 2.13. The molecule has 5 heteroatoms. The molecule has 0 aliphatic rings. The lowest BCUT2D eigenvalue weighted by Gasteiger charge is -2.37. The molecule has 2 rings (SSSR count). The van der Waals surface area contributed by atoms with Crippen molar-refractivity contribution in [3.05, 3.63) is 65.7 Å². The van der Waals surface area contributed by atoms with Gasteiger partial charge in [0.2, 0.25) is 8.32 Å². The summed E-state index contributed by atoms with van der Waals surface area (Å²) >= 11 is 0. The average molecular weight is 415 g/mol. The largest absolute Gasteiger partial charge is 0.543 e. The Balaban J connectivity index is 2.09. The van der Waals surface area contributed by atoms with Crippen LogP contribution < -0.4 is 4.43 Å². The maximum atomic E-state index is 11.6. The van der Waals surface area contributed by atoms with Crippen LogP contribution in [0.15, 0.2) is 54.6 Å². The predicted molar refractivity (Wildman–Crippen MR) is 120 cm³/mol. The second kappa shape index (κ2) is 10.1. The molecule has 0 radical (unpaired) electrons. The van der Waals surface area contributed by atoms with Crippen molar-refractivity contribution in [2.24, 2.45) is 0 Å². The van der Waals surface area contributed by atoms with Crippen LogP contribution in [0.25, 0.3) is 0 Å². The van der Waals surface area contributed by atoms with Gasteiger partial charge in [0.25, 0.3) is 0 Å². The molecule has 0 bridgehead atoms. The molecule has 29 heavy (non-hydrogen) atoms. The van der Waals surface area contributed by atoms with Gasteiger partial charge in [0.15, 0.2) is 0 Å². The third-order valence-corrected chi connectivity index (χ3v) is 9.68. The van der Waals surface area contributed by atoms with Crippen LogP contribution in [0.4, 0.5) is 0 Å². The number of para-hydroxylation sites is 1. The van der Waals surface area contributed by atoms with Gasteiger partial charge in [-0.3, -0.25) is 4.79 Å². The summed E-state index contributed by atoms with van der Waals surface area (Å²) < 4.78 is 17.9. The van der Waals surface area contributed by atoms with Crippen molar-refractivity contribution < 1.29 is 18.7 Å². The molecular weight excluding hydrogens is 380 g/mol. The number of rotatable bonds is 9. The third-order valence-electron chi connectivity index (χ3n) is 5.34. The minimum atomic E-state index is -1.97. The molecule has 0 fully saturated rings. The lowest BCUT2D eigenvalue weighted by molar-refractivity contribution is -0.149. The molecule has 0 aromatic heterocycles. The highest BCUT2D eigenvalue weighted by molar-refractivity contribution is 6.74. The van der Waals surface area contributed by atoms with E-state index in [-0.39, 0.29) is 17.1 Å². The smallest absolute Gasteiger partial charge is 0.302 e. The van der Waals surface area contributed by atoms with E-state index in [1.807, 2.05) is 54.6 Å². The number of carbonyl (C=O) groups is 1. The van der Waals surface area contributed by atoms with E-state index in [2.05, 4.69) is 33.9 Å². The minimum Gasteiger partial charge on any atom is -0.543 e. The van der Waals surface area contributed by atoms with Crippen molar-refractivity contribution in [3.63, 3.8) is 0 Å². The van der Waals surface area contributed by atoms with Crippen molar-refractivity contribution in [1.29, 1.82) is 0 Å². The molecule has 4 nitrogen and oxygen atoms in total. The molecule has 0 aliphatic carbocycles. The van der Waals surface area contributed by atoms with Crippen molar-refractivity contribution >= 4 is 14.3 Å². The molecular formula is C24H34O4Si. The van der Waals surface area contributed by atoms with Crippen LogP contribution in [0.3, 0.4) is 0 Å². The summed E-state index contributed by atoms with van der Waals surface area (Å²) in [6.45, 7) is 13.4. The molecule has 0 heterocycles. The van der Waals surface area contributed by atoms with E-state index >= 15 is 0 Å². The molecule has 158 valence electrons. The molecule has 0 spiro atoms. The Bertz CT molecular complexity index is 781. The first-order chi connectivity index (χ1) is 13.6. The number of ether oxygens (including phenoxy) is 2. The van der Waals surface area contributed by atoms with Crippen LogP contribution in [-0.4, -0.2) is 27.0 Å². The highest BCUT2D eigenvalue weighted by Crippen LogP contribution is 2.38. The number of benzene rings is 2. The summed E-state index contributed by atoms with van der Waals surface area (Å²) in [6.07, 6.45) is 0.194. The number of hydrogen-bond donors (Lipinski definition) is 0. The lowest BCUT2D eigenvalue weighted by atomic mass is 10.1. The molecule has 0 aliphatic heterocycles. The molecule has 2 aromatic carbocycles. The van der Waals surface area contributed by atoms with Gasteiger partial charge < -0.3 is 13.9 Å². The first kappa shape index (κ1) is 23.2. The van der Waals surface area contributed by atoms with Crippen molar-refractivity contribution in [2.75, 3.05) is 6.61 Å². The Hall–Kier alpha value is -2.11. The van der Waals surface area contributed by atoms with E-state index in [0.29, 0.717) is 19.6 Å². The quantitative estimate of drug-likeness (QED) is 0.386. The van der Waals surface area contributed by atoms with Gasteiger partial charge in [0.05, 0.1) is 13.2 Å². The van der Waals surface area contributed by atoms with Crippen LogP contribution in [0, 0.1) is 0 Å². The molecule has 0 amide bonds. The van der Waals surface area contributed by atoms with Gasteiger partial charge in [0.1, 0.15) is 11.9 Å². The summed E-state index contributed by atoms with van der Waals surface area (Å²) in [4.78, 5) is 11.6. The van der Waals surface area contributed by atoms with Gasteiger partial charge >= 0.3 is 5.97 Å². The van der Waals surface area contributed by atoms with E-state index in [1.54, 1.807) is 0 Å². The highest BCUT2D eigenvalue weighted by Gasteiger charge is 2.39. The maximum absolute atomic E-state index is 11.6. The summed E-state index contributed by atoms with van der Waals surface area (Å²) in [5.74, 6) is 0.570. The zero-order chi connectivity index (χ0) is 21.5. The van der Waals surface area contributed by atoms with Gasteiger partial charge in [-0.25, -0.2) is 0 Å². The number of esters is 1. The first-order valence-corrected chi connectivity index (χ1v) is 13.0. The zero-order valence-electron chi connectivity index (χ0n) is 18.5. The zero-order valence-corrected chi connectivity index (χ0v) is 19.5. The lowest BCUT2D eigenvalue weighted by Crippen LogP contribution is -2.44. The van der Waals surface area contributed by atoms with Gasteiger partial charge in [-0.15, -0.1) is 0 Å². The van der Waals surface area contributed by atoms with Crippen molar-refractivity contribution in [1.82, 2.24) is 0 Å². The number of carbonyl (C=O) groups excluding carboxylic acids is 1. The van der Waals surface area contributed by atoms with Crippen LogP contribution in [0.1, 0.15) is 38.8 Å². The maximum Gasteiger partial charge on any atom is 0.302 e. The topological polar surface area (TPSA) is 44.8 Å². The standard InChI is InChI=1S/C24H34O4Si/c1-19(25)27-22(18-26-17-20-12-8-7-9-13-20)16-21-14-10-11-15-23(21)28-29(5,6)24(2,3)4/h7-15,22H,16-18H2,1-6H3/t22-/m0/s1. The second-order valence-corrected chi connectivity index (χ2v) is 13.6. The number of hydrogen-bond acceptors (Lipinski definition) is 4. The van der Waals surface area contributed by atoms with E-state index in [4.69, 9.17) is 13.9 Å². The summed E-state index contributed by atoms with van der Waals surface area (Å²) in [5, 5.41) is 0.105. The Labute approximate surface area is 176 Å². The Morgan fingerprint density at radius 3 is 2.24 bits per heavy atom. The molecule has 2 aromatic rings. The molecule has 0 unspecified atom stereocenters. The van der Waals surface area contributed by atoms with Crippen LogP contribution in [0.2, 0.25) is 18.1 Å². The van der Waals surface area contributed by atoms with Gasteiger partial charge in [-0.05, 0) is 35.3 Å². The van der Waals surface area contributed by atoms with Gasteiger partial charge in [-0.1, -0.05) is 69.3 Å². The normalized spacial score (nSPS) is 13.0. The first-order valence-electron chi connectivity index (χ1n) is 10.1. The SMILES string of the molecule is CC(=O)O[C@H](COCc1ccccc1)Cc1ccccc1O[Si](C)(C)C(C)(C)C. The molecule has 1 atom stereocenters. The fourth-order valence-corrected chi connectivity index (χ4v) is 3.75. The minimum absolute atomic E-state index is 0.105.